The van der Waals surface area contributed by atoms with E-state index in [0.29, 0.717) is 30.4 Å². The number of amides is 1. The molecule has 0 bridgehead atoms. The van der Waals surface area contributed by atoms with Gasteiger partial charge in [-0.05, 0) is 51.0 Å². The molecular weight excluding hydrogens is 340 g/mol. The van der Waals surface area contributed by atoms with Crippen molar-refractivity contribution in [2.45, 2.75) is 45.1 Å². The number of carbonyl (C=O) groups is 1. The van der Waals surface area contributed by atoms with Crippen molar-refractivity contribution in [1.82, 2.24) is 15.0 Å². The summed E-state index contributed by atoms with van der Waals surface area (Å²) >= 11 is 0. The SMILES string of the molecule is CCN(CC)C(=O)c1ccc(-c2nc(C3(N)CCCC3)no2)cc1.Cl. The fourth-order valence-corrected chi connectivity index (χ4v) is 3.22. The molecule has 2 aromatic rings. The molecule has 1 saturated carbocycles. The summed E-state index contributed by atoms with van der Waals surface area (Å²) in [6, 6.07) is 7.28. The Kier molecular flexibility index (Phi) is 6.19. The van der Waals surface area contributed by atoms with E-state index in [4.69, 9.17) is 10.3 Å². The molecule has 1 aliphatic rings. The van der Waals surface area contributed by atoms with Crippen molar-refractivity contribution >= 4 is 18.3 Å². The second kappa shape index (κ2) is 7.97. The number of nitrogens with zero attached hydrogens (tertiary/aromatic N) is 3. The number of nitrogens with two attached hydrogens (primary N) is 1. The molecule has 0 atom stereocenters. The van der Waals surface area contributed by atoms with Crippen molar-refractivity contribution < 1.29 is 9.32 Å². The van der Waals surface area contributed by atoms with Gasteiger partial charge in [0.15, 0.2) is 5.82 Å². The van der Waals surface area contributed by atoms with Crippen molar-refractivity contribution in [2.75, 3.05) is 13.1 Å². The van der Waals surface area contributed by atoms with Crippen LogP contribution in [-0.4, -0.2) is 34.0 Å². The van der Waals surface area contributed by atoms with Gasteiger partial charge in [-0.1, -0.05) is 18.0 Å². The quantitative estimate of drug-likeness (QED) is 0.879. The highest BCUT2D eigenvalue weighted by Crippen LogP contribution is 2.35. The number of hydrogen-bond donors (Lipinski definition) is 1. The molecule has 7 heteroatoms. The molecule has 1 fully saturated rings. The third-order valence-electron chi connectivity index (χ3n) is 4.80. The number of rotatable bonds is 5. The smallest absolute Gasteiger partial charge is 0.257 e. The van der Waals surface area contributed by atoms with E-state index >= 15 is 0 Å². The second-order valence-corrected chi connectivity index (χ2v) is 6.34. The summed E-state index contributed by atoms with van der Waals surface area (Å²) in [5, 5.41) is 4.07. The van der Waals surface area contributed by atoms with Crippen LogP contribution in [0.15, 0.2) is 28.8 Å². The highest BCUT2D eigenvalue weighted by Gasteiger charge is 2.36. The van der Waals surface area contributed by atoms with Crippen LogP contribution in [0.1, 0.15) is 55.7 Å². The summed E-state index contributed by atoms with van der Waals surface area (Å²) in [6.07, 6.45) is 3.98. The minimum atomic E-state index is -0.458. The number of carbonyl (C=O) groups excluding carboxylic acids is 1. The van der Waals surface area contributed by atoms with Gasteiger partial charge in [-0.3, -0.25) is 4.79 Å². The maximum atomic E-state index is 12.3. The molecule has 0 aliphatic heterocycles. The summed E-state index contributed by atoms with van der Waals surface area (Å²) < 4.78 is 5.38. The zero-order valence-electron chi connectivity index (χ0n) is 14.7. The molecule has 2 N–H and O–H groups in total. The van der Waals surface area contributed by atoms with Crippen molar-refractivity contribution in [3.8, 4) is 11.5 Å². The Hall–Kier alpha value is -1.92. The first-order valence-corrected chi connectivity index (χ1v) is 8.60. The zero-order valence-corrected chi connectivity index (χ0v) is 15.5. The average Bonchev–Trinajstić information content (AvgIpc) is 3.26. The Bertz CT molecular complexity index is 704. The topological polar surface area (TPSA) is 85.2 Å². The first-order valence-electron chi connectivity index (χ1n) is 8.60. The van der Waals surface area contributed by atoms with E-state index < -0.39 is 5.54 Å². The molecular formula is C18H25ClN4O2. The van der Waals surface area contributed by atoms with Gasteiger partial charge < -0.3 is 15.2 Å². The minimum absolute atomic E-state index is 0. The Morgan fingerprint density at radius 2 is 1.80 bits per heavy atom. The Labute approximate surface area is 154 Å². The molecule has 25 heavy (non-hydrogen) atoms. The molecule has 1 amide bonds. The highest BCUT2D eigenvalue weighted by atomic mass is 35.5. The average molecular weight is 365 g/mol. The summed E-state index contributed by atoms with van der Waals surface area (Å²) in [7, 11) is 0. The summed E-state index contributed by atoms with van der Waals surface area (Å²) in [5.74, 6) is 1.06. The van der Waals surface area contributed by atoms with Gasteiger partial charge in [0.2, 0.25) is 0 Å². The van der Waals surface area contributed by atoms with Gasteiger partial charge in [-0.25, -0.2) is 0 Å². The fourth-order valence-electron chi connectivity index (χ4n) is 3.22. The third-order valence-corrected chi connectivity index (χ3v) is 4.80. The normalized spacial score (nSPS) is 15.6. The van der Waals surface area contributed by atoms with Gasteiger partial charge >= 0.3 is 0 Å². The lowest BCUT2D eigenvalue weighted by Crippen LogP contribution is -2.34. The first-order chi connectivity index (χ1) is 11.6. The van der Waals surface area contributed by atoms with Gasteiger partial charge in [0.05, 0.1) is 5.54 Å². The van der Waals surface area contributed by atoms with Crippen LogP contribution >= 0.6 is 12.4 Å². The molecule has 1 aromatic carbocycles. The monoisotopic (exact) mass is 364 g/mol. The number of benzene rings is 1. The van der Waals surface area contributed by atoms with Crippen molar-refractivity contribution in [3.63, 3.8) is 0 Å². The van der Waals surface area contributed by atoms with E-state index in [0.717, 1.165) is 31.2 Å². The molecule has 3 rings (SSSR count). The molecule has 1 aromatic heterocycles. The molecule has 1 heterocycles. The molecule has 6 nitrogen and oxygen atoms in total. The Balaban J connectivity index is 0.00000225. The van der Waals surface area contributed by atoms with Gasteiger partial charge in [0, 0.05) is 24.2 Å². The maximum Gasteiger partial charge on any atom is 0.257 e. The summed E-state index contributed by atoms with van der Waals surface area (Å²) in [5.41, 5.74) is 7.36. The largest absolute Gasteiger partial charge is 0.339 e. The van der Waals surface area contributed by atoms with E-state index in [2.05, 4.69) is 10.1 Å². The van der Waals surface area contributed by atoms with Crippen LogP contribution in [0.5, 0.6) is 0 Å². The van der Waals surface area contributed by atoms with Crippen molar-refractivity contribution in [3.05, 3.63) is 35.7 Å². The Morgan fingerprint density at radius 1 is 1.20 bits per heavy atom. The van der Waals surface area contributed by atoms with Crippen LogP contribution in [0.25, 0.3) is 11.5 Å². The predicted octanol–water partition coefficient (Wildman–Crippen LogP) is 3.37. The lowest BCUT2D eigenvalue weighted by Gasteiger charge is -2.18. The van der Waals surface area contributed by atoms with Gasteiger partial charge in [0.1, 0.15) is 0 Å². The van der Waals surface area contributed by atoms with Crippen LogP contribution in [-0.2, 0) is 5.54 Å². The number of halogens is 1. The number of aromatic nitrogens is 2. The highest BCUT2D eigenvalue weighted by molar-refractivity contribution is 5.94. The van der Waals surface area contributed by atoms with Crippen LogP contribution in [0.2, 0.25) is 0 Å². The van der Waals surface area contributed by atoms with Gasteiger partial charge in [0.25, 0.3) is 11.8 Å². The molecule has 1 aliphatic carbocycles. The number of hydrogen-bond acceptors (Lipinski definition) is 5. The van der Waals surface area contributed by atoms with Crippen LogP contribution < -0.4 is 5.73 Å². The first kappa shape index (κ1) is 19.4. The molecule has 136 valence electrons. The maximum absolute atomic E-state index is 12.3. The predicted molar refractivity (Wildman–Crippen MR) is 98.6 cm³/mol. The summed E-state index contributed by atoms with van der Waals surface area (Å²) in [4.78, 5) is 18.6. The van der Waals surface area contributed by atoms with Crippen LogP contribution in [0, 0.1) is 0 Å². The van der Waals surface area contributed by atoms with Crippen molar-refractivity contribution in [2.24, 2.45) is 5.73 Å². The van der Waals surface area contributed by atoms with Gasteiger partial charge in [-0.2, -0.15) is 4.98 Å². The van der Waals surface area contributed by atoms with E-state index in [9.17, 15) is 4.79 Å². The van der Waals surface area contributed by atoms with E-state index in [1.54, 1.807) is 17.0 Å². The lowest BCUT2D eigenvalue weighted by atomic mass is 9.98. The molecule has 0 spiro atoms. The van der Waals surface area contributed by atoms with E-state index in [1.165, 1.54) is 0 Å². The van der Waals surface area contributed by atoms with Crippen LogP contribution in [0.3, 0.4) is 0 Å². The third kappa shape index (κ3) is 3.85. The standard InChI is InChI=1S/C18H24N4O2.ClH/c1-3-22(4-2)16(23)14-9-7-13(8-10-14)15-20-17(21-24-15)18(19)11-5-6-12-18;/h7-10H,3-6,11-12,19H2,1-2H3;1H. The molecule has 0 saturated heterocycles. The Morgan fingerprint density at radius 3 is 2.36 bits per heavy atom. The summed E-state index contributed by atoms with van der Waals surface area (Å²) in [6.45, 7) is 5.34. The fraction of sp³-hybridized carbons (Fsp3) is 0.500. The molecule has 0 unspecified atom stereocenters. The second-order valence-electron chi connectivity index (χ2n) is 6.34. The van der Waals surface area contributed by atoms with E-state index in [-0.39, 0.29) is 18.3 Å². The van der Waals surface area contributed by atoms with Crippen molar-refractivity contribution in [1.29, 1.82) is 0 Å². The zero-order chi connectivity index (χ0) is 17.2. The molecule has 0 radical (unpaired) electrons. The lowest BCUT2D eigenvalue weighted by molar-refractivity contribution is 0.0773. The van der Waals surface area contributed by atoms with Crippen LogP contribution in [0.4, 0.5) is 0 Å². The van der Waals surface area contributed by atoms with Gasteiger partial charge in [-0.15, -0.1) is 12.4 Å². The van der Waals surface area contributed by atoms with E-state index in [1.807, 2.05) is 26.0 Å². The minimum Gasteiger partial charge on any atom is -0.339 e.